The summed E-state index contributed by atoms with van der Waals surface area (Å²) in [6, 6.07) is 0.376. The first-order chi connectivity index (χ1) is 9.33. The van der Waals surface area contributed by atoms with Gasteiger partial charge in [0.25, 0.3) is 0 Å². The Balaban J connectivity index is 1.61. The summed E-state index contributed by atoms with van der Waals surface area (Å²) in [5.74, 6) is 0.578. The minimum absolute atomic E-state index is 0.116. The Labute approximate surface area is 121 Å². The van der Waals surface area contributed by atoms with Gasteiger partial charge >= 0.3 is 6.09 Å². The standard InChI is InChI=1S/C15H28N2O3/c1-15(2,3)20-14(19)17-9-12(10-17)16-8-11-5-4-6-13(18)7-11/h11-13,16,18H,4-10H2,1-3H3. The molecule has 1 saturated heterocycles. The van der Waals surface area contributed by atoms with Gasteiger partial charge in [-0.15, -0.1) is 0 Å². The zero-order valence-corrected chi connectivity index (χ0v) is 12.9. The maximum Gasteiger partial charge on any atom is 0.410 e. The highest BCUT2D eigenvalue weighted by molar-refractivity contribution is 5.69. The highest BCUT2D eigenvalue weighted by atomic mass is 16.6. The number of aliphatic hydroxyl groups excluding tert-OH is 1. The molecule has 116 valence electrons. The molecule has 2 rings (SSSR count). The van der Waals surface area contributed by atoms with E-state index in [1.54, 1.807) is 4.90 Å². The van der Waals surface area contributed by atoms with Crippen molar-refractivity contribution in [1.82, 2.24) is 10.2 Å². The molecule has 1 amide bonds. The molecule has 0 aromatic rings. The second-order valence-electron chi connectivity index (χ2n) is 7.18. The van der Waals surface area contributed by atoms with Crippen molar-refractivity contribution in [3.05, 3.63) is 0 Å². The number of hydrogen-bond donors (Lipinski definition) is 2. The highest BCUT2D eigenvalue weighted by Gasteiger charge is 2.33. The Morgan fingerprint density at radius 2 is 2.05 bits per heavy atom. The fraction of sp³-hybridized carbons (Fsp3) is 0.933. The Hall–Kier alpha value is -0.810. The van der Waals surface area contributed by atoms with Crippen LogP contribution in [0.2, 0.25) is 0 Å². The van der Waals surface area contributed by atoms with E-state index in [0.29, 0.717) is 12.0 Å². The average Bonchev–Trinajstić information content (AvgIpc) is 2.24. The van der Waals surface area contributed by atoms with Gasteiger partial charge in [0.05, 0.1) is 6.10 Å². The number of hydrogen-bond acceptors (Lipinski definition) is 4. The molecule has 1 aliphatic heterocycles. The molecule has 0 bridgehead atoms. The molecule has 2 aliphatic rings. The van der Waals surface area contributed by atoms with Crippen LogP contribution in [0.15, 0.2) is 0 Å². The van der Waals surface area contributed by atoms with Gasteiger partial charge in [0, 0.05) is 19.1 Å². The Morgan fingerprint density at radius 1 is 1.35 bits per heavy atom. The van der Waals surface area contributed by atoms with E-state index in [0.717, 1.165) is 38.9 Å². The van der Waals surface area contributed by atoms with Gasteiger partial charge in [-0.25, -0.2) is 4.79 Å². The molecule has 2 N–H and O–H groups in total. The normalized spacial score (nSPS) is 28.1. The first kappa shape index (κ1) is 15.6. The van der Waals surface area contributed by atoms with E-state index in [9.17, 15) is 9.90 Å². The van der Waals surface area contributed by atoms with Gasteiger partial charge in [0.2, 0.25) is 0 Å². The van der Waals surface area contributed by atoms with E-state index in [1.807, 2.05) is 20.8 Å². The predicted octanol–water partition coefficient (Wildman–Crippen LogP) is 1.75. The molecule has 2 unspecified atom stereocenters. The smallest absolute Gasteiger partial charge is 0.410 e. The lowest BCUT2D eigenvalue weighted by atomic mass is 9.87. The fourth-order valence-electron chi connectivity index (χ4n) is 2.86. The largest absolute Gasteiger partial charge is 0.444 e. The summed E-state index contributed by atoms with van der Waals surface area (Å²) in [5, 5.41) is 13.1. The van der Waals surface area contributed by atoms with Crippen LogP contribution in [-0.2, 0) is 4.74 Å². The van der Waals surface area contributed by atoms with E-state index in [4.69, 9.17) is 4.74 Å². The zero-order valence-electron chi connectivity index (χ0n) is 12.9. The molecule has 1 saturated carbocycles. The summed E-state index contributed by atoms with van der Waals surface area (Å²) in [7, 11) is 0. The van der Waals surface area contributed by atoms with E-state index in [-0.39, 0.29) is 12.2 Å². The lowest BCUT2D eigenvalue weighted by Gasteiger charge is -2.41. The molecule has 20 heavy (non-hydrogen) atoms. The zero-order chi connectivity index (χ0) is 14.8. The van der Waals surface area contributed by atoms with Crippen molar-refractivity contribution in [3.63, 3.8) is 0 Å². The molecule has 2 atom stereocenters. The van der Waals surface area contributed by atoms with Crippen molar-refractivity contribution < 1.29 is 14.6 Å². The minimum Gasteiger partial charge on any atom is -0.444 e. The van der Waals surface area contributed by atoms with Crippen LogP contribution >= 0.6 is 0 Å². The summed E-state index contributed by atoms with van der Waals surface area (Å²) in [6.07, 6.45) is 3.86. The molecule has 5 heteroatoms. The Kier molecular flexibility index (Phi) is 4.91. The number of nitrogens with zero attached hydrogens (tertiary/aromatic N) is 1. The number of rotatable bonds is 3. The molecule has 0 aromatic heterocycles. The topological polar surface area (TPSA) is 61.8 Å². The molecule has 2 fully saturated rings. The van der Waals surface area contributed by atoms with Crippen molar-refractivity contribution in [1.29, 1.82) is 0 Å². The first-order valence-corrected chi connectivity index (χ1v) is 7.73. The maximum atomic E-state index is 11.8. The van der Waals surface area contributed by atoms with Gasteiger partial charge in [-0.3, -0.25) is 0 Å². The first-order valence-electron chi connectivity index (χ1n) is 7.73. The number of carbonyl (C=O) groups is 1. The van der Waals surface area contributed by atoms with Gasteiger partial charge in [0.1, 0.15) is 5.60 Å². The van der Waals surface area contributed by atoms with Crippen LogP contribution < -0.4 is 5.32 Å². The van der Waals surface area contributed by atoms with Crippen LogP contribution in [0.25, 0.3) is 0 Å². The molecule has 5 nitrogen and oxygen atoms in total. The average molecular weight is 284 g/mol. The summed E-state index contributed by atoms with van der Waals surface area (Å²) in [4.78, 5) is 13.5. The third-order valence-corrected chi connectivity index (χ3v) is 3.98. The van der Waals surface area contributed by atoms with Crippen molar-refractivity contribution in [2.45, 2.75) is 64.2 Å². The van der Waals surface area contributed by atoms with Crippen LogP contribution in [0.5, 0.6) is 0 Å². The van der Waals surface area contributed by atoms with Crippen LogP contribution in [-0.4, -0.2) is 53.5 Å². The van der Waals surface area contributed by atoms with Crippen LogP contribution in [0.1, 0.15) is 46.5 Å². The quantitative estimate of drug-likeness (QED) is 0.829. The second kappa shape index (κ2) is 6.31. The van der Waals surface area contributed by atoms with E-state index in [1.165, 1.54) is 6.42 Å². The Morgan fingerprint density at radius 3 is 2.65 bits per heavy atom. The van der Waals surface area contributed by atoms with Crippen molar-refractivity contribution in [3.8, 4) is 0 Å². The Bertz CT molecular complexity index is 335. The van der Waals surface area contributed by atoms with Crippen LogP contribution in [0.4, 0.5) is 4.79 Å². The van der Waals surface area contributed by atoms with Crippen molar-refractivity contribution >= 4 is 6.09 Å². The summed E-state index contributed by atoms with van der Waals surface area (Å²) >= 11 is 0. The van der Waals surface area contributed by atoms with Gasteiger partial charge in [-0.2, -0.15) is 0 Å². The lowest BCUT2D eigenvalue weighted by Crippen LogP contribution is -2.61. The number of ether oxygens (including phenoxy) is 1. The van der Waals surface area contributed by atoms with Gasteiger partial charge in [-0.1, -0.05) is 6.42 Å². The summed E-state index contributed by atoms with van der Waals surface area (Å²) in [6.45, 7) is 8.05. The van der Waals surface area contributed by atoms with E-state index in [2.05, 4.69) is 5.32 Å². The molecule has 0 radical (unpaired) electrons. The number of nitrogens with one attached hydrogen (secondary N) is 1. The molecule has 0 spiro atoms. The summed E-state index contributed by atoms with van der Waals surface area (Å²) < 4.78 is 5.32. The number of aliphatic hydroxyl groups is 1. The number of likely N-dealkylation sites (tertiary alicyclic amines) is 1. The van der Waals surface area contributed by atoms with Gasteiger partial charge in [0.15, 0.2) is 0 Å². The molecular weight excluding hydrogens is 256 g/mol. The van der Waals surface area contributed by atoms with Crippen LogP contribution in [0.3, 0.4) is 0 Å². The molecule has 1 heterocycles. The second-order valence-corrected chi connectivity index (χ2v) is 7.18. The van der Waals surface area contributed by atoms with E-state index < -0.39 is 5.60 Å². The third-order valence-electron chi connectivity index (χ3n) is 3.98. The molecule has 1 aliphatic carbocycles. The van der Waals surface area contributed by atoms with Gasteiger partial charge < -0.3 is 20.1 Å². The highest BCUT2D eigenvalue weighted by Crippen LogP contribution is 2.24. The predicted molar refractivity (Wildman–Crippen MR) is 77.6 cm³/mol. The third kappa shape index (κ3) is 4.63. The minimum atomic E-state index is -0.423. The SMILES string of the molecule is CC(C)(C)OC(=O)N1CC(NCC2CCCC(O)C2)C1. The number of amides is 1. The van der Waals surface area contributed by atoms with Crippen molar-refractivity contribution in [2.24, 2.45) is 5.92 Å². The van der Waals surface area contributed by atoms with Crippen molar-refractivity contribution in [2.75, 3.05) is 19.6 Å². The number of carbonyl (C=O) groups excluding carboxylic acids is 1. The lowest BCUT2D eigenvalue weighted by molar-refractivity contribution is 0.00450. The molecule has 0 aromatic carbocycles. The maximum absolute atomic E-state index is 11.8. The monoisotopic (exact) mass is 284 g/mol. The fourth-order valence-corrected chi connectivity index (χ4v) is 2.86. The summed E-state index contributed by atoms with van der Waals surface area (Å²) in [5.41, 5.74) is -0.423. The van der Waals surface area contributed by atoms with Crippen LogP contribution in [0, 0.1) is 5.92 Å². The van der Waals surface area contributed by atoms with E-state index >= 15 is 0 Å². The van der Waals surface area contributed by atoms with Gasteiger partial charge in [-0.05, 0) is 52.5 Å². The molecular formula is C15H28N2O3.